The number of amides is 2. The van der Waals surface area contributed by atoms with Gasteiger partial charge in [-0.3, -0.25) is 9.59 Å². The lowest BCUT2D eigenvalue weighted by Gasteiger charge is -2.38. The summed E-state index contributed by atoms with van der Waals surface area (Å²) >= 11 is 0. The summed E-state index contributed by atoms with van der Waals surface area (Å²) in [5.74, 6) is 0.568. The number of nitrogens with one attached hydrogen (secondary N) is 3. The minimum absolute atomic E-state index is 0.0219. The van der Waals surface area contributed by atoms with Gasteiger partial charge in [0.25, 0.3) is 0 Å². The van der Waals surface area contributed by atoms with E-state index in [-0.39, 0.29) is 17.4 Å². The highest BCUT2D eigenvalue weighted by Crippen LogP contribution is 2.26. The molecule has 0 aromatic heterocycles. The van der Waals surface area contributed by atoms with Crippen LogP contribution in [0.5, 0.6) is 0 Å². The van der Waals surface area contributed by atoms with Gasteiger partial charge in [0, 0.05) is 11.2 Å². The number of fused-ring (bicyclic) bond motifs is 1. The van der Waals surface area contributed by atoms with Crippen molar-refractivity contribution < 1.29 is 9.59 Å². The van der Waals surface area contributed by atoms with Crippen LogP contribution in [0.2, 0.25) is 0 Å². The summed E-state index contributed by atoms with van der Waals surface area (Å²) in [5.41, 5.74) is 2.60. The van der Waals surface area contributed by atoms with Crippen molar-refractivity contribution in [3.05, 3.63) is 29.3 Å². The van der Waals surface area contributed by atoms with Crippen LogP contribution < -0.4 is 16.0 Å². The summed E-state index contributed by atoms with van der Waals surface area (Å²) in [6.45, 7) is 6.27. The first-order valence-corrected chi connectivity index (χ1v) is 8.37. The standard InChI is InChI=1S/C18H25N3O2/c1-18(2,14-5-7-19-8-6-14)21-17(23)10-12-3-4-13-11-16(22)20-15(13)9-12/h3-4,9,14,19H,5-8,10-11H2,1-2H3,(H,20,22)(H,21,23). The molecule has 0 saturated carbocycles. The molecule has 0 bridgehead atoms. The lowest BCUT2D eigenvalue weighted by Crippen LogP contribution is -2.52. The zero-order valence-electron chi connectivity index (χ0n) is 13.9. The van der Waals surface area contributed by atoms with Crippen LogP contribution in [-0.4, -0.2) is 30.4 Å². The van der Waals surface area contributed by atoms with Crippen molar-refractivity contribution in [2.75, 3.05) is 18.4 Å². The molecule has 3 N–H and O–H groups in total. The van der Waals surface area contributed by atoms with Crippen molar-refractivity contribution in [3.63, 3.8) is 0 Å². The van der Waals surface area contributed by atoms with Gasteiger partial charge in [-0.15, -0.1) is 0 Å². The van der Waals surface area contributed by atoms with Gasteiger partial charge in [0.2, 0.25) is 11.8 Å². The third-order valence-electron chi connectivity index (χ3n) is 4.99. The Hall–Kier alpha value is -1.88. The molecule has 0 atom stereocenters. The molecule has 23 heavy (non-hydrogen) atoms. The van der Waals surface area contributed by atoms with Gasteiger partial charge >= 0.3 is 0 Å². The topological polar surface area (TPSA) is 70.2 Å². The molecular formula is C18H25N3O2. The van der Waals surface area contributed by atoms with Crippen LogP contribution in [0.4, 0.5) is 5.69 Å². The second kappa shape index (κ2) is 6.32. The third-order valence-corrected chi connectivity index (χ3v) is 4.99. The van der Waals surface area contributed by atoms with Crippen molar-refractivity contribution in [1.29, 1.82) is 0 Å². The van der Waals surface area contributed by atoms with E-state index in [0.29, 0.717) is 18.8 Å². The first-order chi connectivity index (χ1) is 10.9. The highest BCUT2D eigenvalue weighted by molar-refractivity contribution is 5.99. The average molecular weight is 315 g/mol. The Morgan fingerprint density at radius 2 is 2.04 bits per heavy atom. The van der Waals surface area contributed by atoms with Crippen molar-refractivity contribution >= 4 is 17.5 Å². The summed E-state index contributed by atoms with van der Waals surface area (Å²) in [5, 5.41) is 9.39. The van der Waals surface area contributed by atoms with Crippen LogP contribution >= 0.6 is 0 Å². The van der Waals surface area contributed by atoms with E-state index in [2.05, 4.69) is 29.8 Å². The van der Waals surface area contributed by atoms with Gasteiger partial charge in [0.1, 0.15) is 0 Å². The Labute approximate surface area is 137 Å². The molecule has 2 aliphatic rings. The van der Waals surface area contributed by atoms with E-state index >= 15 is 0 Å². The van der Waals surface area contributed by atoms with Crippen LogP contribution in [0.3, 0.4) is 0 Å². The fourth-order valence-electron chi connectivity index (χ4n) is 3.61. The third kappa shape index (κ3) is 3.72. The van der Waals surface area contributed by atoms with Crippen LogP contribution in [-0.2, 0) is 22.4 Å². The SMILES string of the molecule is CC(C)(NC(=O)Cc1ccc2c(c1)NC(=O)C2)C1CCNCC1. The lowest BCUT2D eigenvalue weighted by molar-refractivity contribution is -0.122. The van der Waals surface area contributed by atoms with Crippen LogP contribution in [0, 0.1) is 5.92 Å². The molecule has 2 aliphatic heterocycles. The Bertz CT molecular complexity index is 619. The predicted octanol–water partition coefficient (Wildman–Crippen LogP) is 1.62. The number of rotatable bonds is 4. The van der Waals surface area contributed by atoms with E-state index in [1.807, 2.05) is 18.2 Å². The van der Waals surface area contributed by atoms with Crippen LogP contribution in [0.15, 0.2) is 18.2 Å². The van der Waals surface area contributed by atoms with Gasteiger partial charge in [0.05, 0.1) is 12.8 Å². The molecule has 0 radical (unpaired) electrons. The van der Waals surface area contributed by atoms with Gasteiger partial charge in [-0.25, -0.2) is 0 Å². The number of carbonyl (C=O) groups excluding carboxylic acids is 2. The highest BCUT2D eigenvalue weighted by atomic mass is 16.2. The molecule has 0 unspecified atom stereocenters. The Morgan fingerprint density at radius 1 is 1.30 bits per heavy atom. The van der Waals surface area contributed by atoms with Crippen molar-refractivity contribution in [2.24, 2.45) is 5.92 Å². The molecule has 3 rings (SSSR count). The maximum absolute atomic E-state index is 12.4. The molecule has 5 heteroatoms. The largest absolute Gasteiger partial charge is 0.351 e. The smallest absolute Gasteiger partial charge is 0.228 e. The summed E-state index contributed by atoms with van der Waals surface area (Å²) in [6.07, 6.45) is 2.97. The summed E-state index contributed by atoms with van der Waals surface area (Å²) < 4.78 is 0. The number of anilines is 1. The van der Waals surface area contributed by atoms with Gasteiger partial charge in [-0.2, -0.15) is 0 Å². The van der Waals surface area contributed by atoms with E-state index in [4.69, 9.17) is 0 Å². The summed E-state index contributed by atoms with van der Waals surface area (Å²) in [4.78, 5) is 23.8. The van der Waals surface area contributed by atoms with Gasteiger partial charge < -0.3 is 16.0 Å². The maximum atomic E-state index is 12.4. The molecule has 124 valence electrons. The van der Waals surface area contributed by atoms with Crippen molar-refractivity contribution in [3.8, 4) is 0 Å². The first kappa shape index (κ1) is 16.0. The average Bonchev–Trinajstić information content (AvgIpc) is 2.87. The molecule has 1 saturated heterocycles. The zero-order chi connectivity index (χ0) is 16.4. The minimum Gasteiger partial charge on any atom is -0.351 e. The lowest BCUT2D eigenvalue weighted by atomic mass is 9.80. The molecule has 5 nitrogen and oxygen atoms in total. The molecule has 0 aliphatic carbocycles. The first-order valence-electron chi connectivity index (χ1n) is 8.37. The van der Waals surface area contributed by atoms with Crippen molar-refractivity contribution in [1.82, 2.24) is 10.6 Å². The second-order valence-electron chi connectivity index (χ2n) is 7.19. The van der Waals surface area contributed by atoms with Gasteiger partial charge in [0.15, 0.2) is 0 Å². The number of benzene rings is 1. The number of hydrogen-bond acceptors (Lipinski definition) is 3. The highest BCUT2D eigenvalue weighted by Gasteiger charge is 2.31. The normalized spacial score (nSPS) is 18.4. The summed E-state index contributed by atoms with van der Waals surface area (Å²) in [6, 6.07) is 5.79. The predicted molar refractivity (Wildman–Crippen MR) is 90.3 cm³/mol. The molecule has 1 aromatic carbocycles. The van der Waals surface area contributed by atoms with E-state index in [9.17, 15) is 9.59 Å². The molecule has 2 heterocycles. The number of hydrogen-bond donors (Lipinski definition) is 3. The van der Waals surface area contributed by atoms with E-state index in [1.54, 1.807) is 0 Å². The fourth-order valence-corrected chi connectivity index (χ4v) is 3.61. The molecule has 2 amide bonds. The van der Waals surface area contributed by atoms with Crippen LogP contribution in [0.25, 0.3) is 0 Å². The van der Waals surface area contributed by atoms with Crippen LogP contribution in [0.1, 0.15) is 37.8 Å². The van der Waals surface area contributed by atoms with Crippen molar-refractivity contribution in [2.45, 2.75) is 45.1 Å². The Morgan fingerprint density at radius 3 is 2.78 bits per heavy atom. The molecule has 1 aromatic rings. The fraction of sp³-hybridized carbons (Fsp3) is 0.556. The molecular weight excluding hydrogens is 290 g/mol. The van der Waals surface area contributed by atoms with Gasteiger partial charge in [-0.1, -0.05) is 12.1 Å². The number of carbonyl (C=O) groups is 2. The Kier molecular flexibility index (Phi) is 4.39. The van der Waals surface area contributed by atoms with E-state index in [0.717, 1.165) is 42.7 Å². The summed E-state index contributed by atoms with van der Waals surface area (Å²) in [7, 11) is 0. The Balaban J connectivity index is 1.61. The molecule has 1 fully saturated rings. The zero-order valence-corrected chi connectivity index (χ0v) is 13.9. The quantitative estimate of drug-likeness (QED) is 0.791. The maximum Gasteiger partial charge on any atom is 0.228 e. The van der Waals surface area contributed by atoms with E-state index < -0.39 is 0 Å². The molecule has 0 spiro atoms. The monoisotopic (exact) mass is 315 g/mol. The second-order valence-corrected chi connectivity index (χ2v) is 7.19. The van der Waals surface area contributed by atoms with Gasteiger partial charge in [-0.05, 0) is 62.9 Å². The number of piperidine rings is 1. The van der Waals surface area contributed by atoms with E-state index in [1.165, 1.54) is 0 Å². The minimum atomic E-state index is -0.190.